The predicted molar refractivity (Wildman–Crippen MR) is 41.5 cm³/mol. The van der Waals surface area contributed by atoms with Crippen molar-refractivity contribution in [3.05, 3.63) is 0 Å². The van der Waals surface area contributed by atoms with Crippen molar-refractivity contribution in [1.29, 1.82) is 0 Å². The second-order valence-electron chi connectivity index (χ2n) is 1.25. The third kappa shape index (κ3) is 33.4. The molecule has 0 bridgehead atoms. The molecule has 0 aromatic rings. The molecule has 0 amide bonds. The van der Waals surface area contributed by atoms with Crippen molar-refractivity contribution < 1.29 is 57.8 Å². The summed E-state index contributed by atoms with van der Waals surface area (Å²) in [6.45, 7) is 0. The SMILES string of the molecule is O=C(O)C=S(=O)=O.O=C([O-])CS.[Na+]. The van der Waals surface area contributed by atoms with Gasteiger partial charge >= 0.3 is 35.5 Å². The minimum Gasteiger partial charge on any atom is -0.549 e. The molecule has 0 rings (SSSR count). The molecule has 13 heavy (non-hydrogen) atoms. The minimum atomic E-state index is -2.57. The first-order chi connectivity index (χ1) is 5.40. The fourth-order valence-corrected chi connectivity index (χ4v) is 0.247. The Hall–Kier alpha value is -0.0200. The molecule has 0 radical (unpaired) electrons. The van der Waals surface area contributed by atoms with Gasteiger partial charge in [0.1, 0.15) is 5.37 Å². The van der Waals surface area contributed by atoms with Crippen molar-refractivity contribution in [2.24, 2.45) is 0 Å². The molecule has 0 aliphatic rings. The van der Waals surface area contributed by atoms with Crippen LogP contribution in [0.3, 0.4) is 0 Å². The van der Waals surface area contributed by atoms with Gasteiger partial charge in [-0.2, -0.15) is 21.0 Å². The van der Waals surface area contributed by atoms with Gasteiger partial charge in [-0.15, -0.1) is 0 Å². The average molecular weight is 236 g/mol. The second-order valence-corrected chi connectivity index (χ2v) is 2.32. The Balaban J connectivity index is -0.000000150. The van der Waals surface area contributed by atoms with Crippen LogP contribution in [0.2, 0.25) is 0 Å². The Labute approximate surface area is 103 Å². The maximum absolute atomic E-state index is 9.37. The van der Waals surface area contributed by atoms with E-state index in [1.54, 1.807) is 0 Å². The van der Waals surface area contributed by atoms with Gasteiger partial charge in [0.25, 0.3) is 0 Å². The molecule has 0 unspecified atom stereocenters. The van der Waals surface area contributed by atoms with Crippen molar-refractivity contribution in [2.75, 3.05) is 5.75 Å². The monoisotopic (exact) mass is 236 g/mol. The van der Waals surface area contributed by atoms with Gasteiger partial charge in [-0.1, -0.05) is 0 Å². The van der Waals surface area contributed by atoms with Gasteiger partial charge in [0.15, 0.2) is 0 Å². The number of hydrogen-bond donors (Lipinski definition) is 2. The Kier molecular flexibility index (Phi) is 17.2. The summed E-state index contributed by atoms with van der Waals surface area (Å²) in [5, 5.41) is 17.0. The fraction of sp³-hybridized carbons (Fsp3) is 0.250. The molecule has 6 nitrogen and oxygen atoms in total. The van der Waals surface area contributed by atoms with Crippen LogP contribution < -0.4 is 34.7 Å². The van der Waals surface area contributed by atoms with E-state index < -0.39 is 22.2 Å². The van der Waals surface area contributed by atoms with Gasteiger partial charge in [0, 0.05) is 5.75 Å². The van der Waals surface area contributed by atoms with Gasteiger partial charge in [0.2, 0.25) is 10.3 Å². The van der Waals surface area contributed by atoms with Crippen LogP contribution in [0.4, 0.5) is 0 Å². The standard InChI is InChI=1S/C2H2O4S.C2H4O2S.Na/c3-2(4)1-7(5)6;3-2(4)1-5;/h1H,(H,3,4);5H,1H2,(H,3,4);/q;;+1/p-1. The van der Waals surface area contributed by atoms with Gasteiger partial charge in [-0.25, -0.2) is 4.79 Å². The Morgan fingerprint density at radius 1 is 1.46 bits per heavy atom. The van der Waals surface area contributed by atoms with Crippen molar-refractivity contribution in [3.8, 4) is 0 Å². The van der Waals surface area contributed by atoms with Crippen LogP contribution in [0.1, 0.15) is 0 Å². The van der Waals surface area contributed by atoms with E-state index in [9.17, 15) is 23.1 Å². The molecule has 70 valence electrons. The molecule has 0 atom stereocenters. The number of carboxylic acid groups (broad SMARTS) is 2. The summed E-state index contributed by atoms with van der Waals surface area (Å²) in [5.41, 5.74) is 0. The molecule has 0 saturated heterocycles. The molecular formula is C4H5NaO6S2. The van der Waals surface area contributed by atoms with Gasteiger partial charge < -0.3 is 15.0 Å². The Bertz CT molecular complexity index is 273. The molecule has 9 heteroatoms. The first-order valence-corrected chi connectivity index (χ1v) is 4.13. The zero-order valence-electron chi connectivity index (χ0n) is 6.63. The zero-order valence-corrected chi connectivity index (χ0v) is 10.3. The molecule has 0 fully saturated rings. The predicted octanol–water partition coefficient (Wildman–Crippen LogP) is -5.58. The van der Waals surface area contributed by atoms with E-state index in [1.165, 1.54) is 0 Å². The van der Waals surface area contributed by atoms with Crippen LogP contribution in [-0.2, 0) is 19.9 Å². The molecule has 0 aliphatic carbocycles. The summed E-state index contributed by atoms with van der Waals surface area (Å²) in [5.74, 6) is -2.78. The van der Waals surface area contributed by atoms with E-state index in [2.05, 4.69) is 12.6 Å². The number of carbonyl (C=O) groups is 2. The third-order valence-electron chi connectivity index (χ3n) is 0.326. The largest absolute Gasteiger partial charge is 1.00 e. The van der Waals surface area contributed by atoms with Crippen LogP contribution in [0, 0.1) is 0 Å². The molecule has 0 spiro atoms. The first-order valence-electron chi connectivity index (χ1n) is 2.36. The summed E-state index contributed by atoms with van der Waals surface area (Å²) in [6, 6.07) is 0. The number of carbonyl (C=O) groups excluding carboxylic acids is 1. The number of thiol groups is 1. The van der Waals surface area contributed by atoms with E-state index in [0.29, 0.717) is 0 Å². The molecule has 1 N–H and O–H groups in total. The second kappa shape index (κ2) is 12.0. The third-order valence-corrected chi connectivity index (χ3v) is 0.978. The van der Waals surface area contributed by atoms with E-state index in [0.717, 1.165) is 0 Å². The van der Waals surface area contributed by atoms with Crippen molar-refractivity contribution in [1.82, 2.24) is 0 Å². The van der Waals surface area contributed by atoms with E-state index in [4.69, 9.17) is 5.11 Å². The van der Waals surface area contributed by atoms with E-state index in [-0.39, 0.29) is 40.7 Å². The molecule has 0 aliphatic heterocycles. The van der Waals surface area contributed by atoms with Crippen molar-refractivity contribution >= 4 is 40.2 Å². The average Bonchev–Trinajstić information content (AvgIpc) is 1.85. The van der Waals surface area contributed by atoms with Crippen molar-refractivity contribution in [2.45, 2.75) is 0 Å². The molecule has 0 heterocycles. The number of aliphatic carboxylic acids is 2. The summed E-state index contributed by atoms with van der Waals surface area (Å²) in [7, 11) is -2.57. The quantitative estimate of drug-likeness (QED) is 0.281. The van der Waals surface area contributed by atoms with Crippen LogP contribution >= 0.6 is 12.6 Å². The summed E-state index contributed by atoms with van der Waals surface area (Å²) < 4.78 is 18.7. The number of rotatable bonds is 2. The summed E-state index contributed by atoms with van der Waals surface area (Å²) in [6.07, 6.45) is 0. The number of hydrogen-bond acceptors (Lipinski definition) is 6. The van der Waals surface area contributed by atoms with E-state index in [1.807, 2.05) is 0 Å². The van der Waals surface area contributed by atoms with Crippen LogP contribution in [0.5, 0.6) is 0 Å². The Morgan fingerprint density at radius 3 is 1.77 bits per heavy atom. The molecule has 0 aromatic heterocycles. The summed E-state index contributed by atoms with van der Waals surface area (Å²) >= 11 is 3.35. The van der Waals surface area contributed by atoms with Crippen LogP contribution in [0.15, 0.2) is 0 Å². The maximum atomic E-state index is 9.37. The zero-order chi connectivity index (χ0) is 10.1. The van der Waals surface area contributed by atoms with Gasteiger partial charge in [-0.05, 0) is 0 Å². The normalized spacial score (nSPS) is 6.85. The fourth-order valence-electron chi connectivity index (χ4n) is 0.0823. The van der Waals surface area contributed by atoms with Gasteiger partial charge in [-0.3, -0.25) is 0 Å². The molecular weight excluding hydrogens is 231 g/mol. The van der Waals surface area contributed by atoms with Crippen LogP contribution in [-0.4, -0.2) is 36.6 Å². The van der Waals surface area contributed by atoms with Crippen LogP contribution in [0.25, 0.3) is 0 Å². The number of carboxylic acids is 2. The molecule has 0 aromatic carbocycles. The van der Waals surface area contributed by atoms with Gasteiger partial charge in [0.05, 0.1) is 5.97 Å². The summed E-state index contributed by atoms with van der Waals surface area (Å²) in [4.78, 5) is 18.5. The maximum Gasteiger partial charge on any atom is 1.00 e. The first kappa shape index (κ1) is 18.7. The Morgan fingerprint density at radius 2 is 1.77 bits per heavy atom. The topological polar surface area (TPSA) is 112 Å². The smallest absolute Gasteiger partial charge is 0.549 e. The molecule has 0 saturated carbocycles. The minimum absolute atomic E-state index is 0. The van der Waals surface area contributed by atoms with Crippen molar-refractivity contribution in [3.63, 3.8) is 0 Å². The van der Waals surface area contributed by atoms with E-state index >= 15 is 0 Å².